The molecule has 1 aliphatic heterocycles. The van der Waals surface area contributed by atoms with Gasteiger partial charge in [0.2, 0.25) is 5.88 Å². The summed E-state index contributed by atoms with van der Waals surface area (Å²) in [5, 5.41) is 0.967. The first-order chi connectivity index (χ1) is 18.1. The summed E-state index contributed by atoms with van der Waals surface area (Å²) in [6.45, 7) is 1.17. The molecule has 9 heteroatoms. The minimum Gasteiger partial charge on any atom is -0.490 e. The Morgan fingerprint density at radius 2 is 1.65 bits per heavy atom. The van der Waals surface area contributed by atoms with Crippen LogP contribution in [0.5, 0.6) is 23.1 Å². The summed E-state index contributed by atoms with van der Waals surface area (Å²) in [5.74, 6) is 3.36. The lowest BCUT2D eigenvalue weighted by Gasteiger charge is -2.31. The van der Waals surface area contributed by atoms with Crippen molar-refractivity contribution in [3.05, 3.63) is 90.9 Å². The van der Waals surface area contributed by atoms with Crippen LogP contribution in [0.3, 0.4) is 0 Å². The van der Waals surface area contributed by atoms with Crippen LogP contribution in [0.1, 0.15) is 18.4 Å². The number of likely N-dealkylation sites (tertiary alicyclic amines) is 1. The summed E-state index contributed by atoms with van der Waals surface area (Å²) in [7, 11) is 1.98. The average Bonchev–Trinajstić information content (AvgIpc) is 3.35. The minimum absolute atomic E-state index is 0.0436. The van der Waals surface area contributed by atoms with Crippen LogP contribution in [0.15, 0.2) is 90.5 Å². The first kappa shape index (κ1) is 24.7. The Balaban J connectivity index is 1.05. The van der Waals surface area contributed by atoms with Gasteiger partial charge in [-0.15, -0.1) is 0 Å². The van der Waals surface area contributed by atoms with Gasteiger partial charge in [0.05, 0.1) is 0 Å². The van der Waals surface area contributed by atoms with Crippen molar-refractivity contribution in [2.75, 3.05) is 13.1 Å². The number of aromatic nitrogens is 3. The number of benzene rings is 2. The summed E-state index contributed by atoms with van der Waals surface area (Å²) in [6.07, 6.45) is 6.60. The van der Waals surface area contributed by atoms with E-state index in [9.17, 15) is 4.79 Å². The molecule has 0 atom stereocenters. The number of amides is 1. The van der Waals surface area contributed by atoms with Gasteiger partial charge in [0.15, 0.2) is 5.16 Å². The average molecular weight is 517 g/mol. The maximum Gasteiger partial charge on any atom is 0.415 e. The second kappa shape index (κ2) is 11.8. The Morgan fingerprint density at radius 3 is 2.32 bits per heavy atom. The van der Waals surface area contributed by atoms with E-state index in [1.54, 1.807) is 29.1 Å². The largest absolute Gasteiger partial charge is 0.490 e. The molecule has 37 heavy (non-hydrogen) atoms. The zero-order chi connectivity index (χ0) is 25.5. The molecule has 2 aromatic carbocycles. The van der Waals surface area contributed by atoms with Crippen LogP contribution in [-0.2, 0) is 12.8 Å². The fourth-order valence-electron chi connectivity index (χ4n) is 3.92. The second-order valence-corrected chi connectivity index (χ2v) is 9.61. The van der Waals surface area contributed by atoms with Crippen LogP contribution in [0.25, 0.3) is 0 Å². The van der Waals surface area contributed by atoms with Crippen LogP contribution < -0.4 is 14.2 Å². The molecule has 1 saturated heterocycles. The molecule has 0 spiro atoms. The van der Waals surface area contributed by atoms with Crippen LogP contribution in [-0.4, -0.2) is 44.7 Å². The molecule has 0 saturated carbocycles. The van der Waals surface area contributed by atoms with Crippen molar-refractivity contribution >= 4 is 17.9 Å². The Bertz CT molecular complexity index is 1290. The zero-order valence-electron chi connectivity index (χ0n) is 20.5. The van der Waals surface area contributed by atoms with Crippen molar-refractivity contribution in [3.63, 3.8) is 0 Å². The lowest BCUT2D eigenvalue weighted by atomic mass is 10.1. The molecule has 0 aliphatic carbocycles. The highest BCUT2D eigenvalue weighted by atomic mass is 32.2. The molecular weight excluding hydrogens is 488 g/mol. The van der Waals surface area contributed by atoms with E-state index < -0.39 is 0 Å². The molecule has 4 aromatic rings. The van der Waals surface area contributed by atoms with Gasteiger partial charge in [-0.2, -0.15) is 0 Å². The zero-order valence-corrected chi connectivity index (χ0v) is 21.3. The summed E-state index contributed by atoms with van der Waals surface area (Å²) in [6, 6.07) is 20.7. The number of imidazole rings is 1. The molecule has 8 nitrogen and oxygen atoms in total. The fourth-order valence-corrected chi connectivity index (χ4v) is 4.81. The van der Waals surface area contributed by atoms with E-state index in [4.69, 9.17) is 14.2 Å². The van der Waals surface area contributed by atoms with Gasteiger partial charge in [0.25, 0.3) is 0 Å². The van der Waals surface area contributed by atoms with Crippen molar-refractivity contribution in [2.24, 2.45) is 7.05 Å². The van der Waals surface area contributed by atoms with Crippen molar-refractivity contribution in [1.82, 2.24) is 19.4 Å². The number of ether oxygens (including phenoxy) is 3. The normalized spacial score (nSPS) is 13.8. The lowest BCUT2D eigenvalue weighted by molar-refractivity contribution is 0.0930. The Morgan fingerprint density at radius 1 is 0.919 bits per heavy atom. The van der Waals surface area contributed by atoms with Gasteiger partial charge in [0.1, 0.15) is 23.4 Å². The summed E-state index contributed by atoms with van der Waals surface area (Å²) >= 11 is 1.67. The topological polar surface area (TPSA) is 78.7 Å². The predicted octanol–water partition coefficient (Wildman–Crippen LogP) is 5.94. The van der Waals surface area contributed by atoms with Gasteiger partial charge in [-0.05, 0) is 48.0 Å². The van der Waals surface area contributed by atoms with E-state index in [1.165, 1.54) is 0 Å². The highest BCUT2D eigenvalue weighted by Gasteiger charge is 2.25. The molecule has 0 bridgehead atoms. The van der Waals surface area contributed by atoms with E-state index in [2.05, 4.69) is 9.97 Å². The number of pyridine rings is 1. The van der Waals surface area contributed by atoms with E-state index in [1.807, 2.05) is 84.5 Å². The van der Waals surface area contributed by atoms with Crippen LogP contribution in [0.2, 0.25) is 0 Å². The number of hydrogen-bond acceptors (Lipinski definition) is 7. The number of aryl methyl sites for hydroxylation is 1. The monoisotopic (exact) mass is 516 g/mol. The number of rotatable bonds is 8. The smallest absolute Gasteiger partial charge is 0.415 e. The number of nitrogens with zero attached hydrogens (tertiary/aromatic N) is 4. The van der Waals surface area contributed by atoms with Crippen molar-refractivity contribution in [2.45, 2.75) is 29.9 Å². The molecule has 5 rings (SSSR count). The molecule has 3 heterocycles. The quantitative estimate of drug-likeness (QED) is 0.268. The molecule has 1 fully saturated rings. The molecule has 0 unspecified atom stereocenters. The van der Waals surface area contributed by atoms with Crippen LogP contribution >= 0.6 is 11.8 Å². The Kier molecular flexibility index (Phi) is 7.90. The highest BCUT2D eigenvalue weighted by molar-refractivity contribution is 7.98. The Labute approximate surface area is 220 Å². The van der Waals surface area contributed by atoms with E-state index in [0.717, 1.165) is 35.1 Å². The van der Waals surface area contributed by atoms with E-state index in [-0.39, 0.29) is 12.2 Å². The summed E-state index contributed by atoms with van der Waals surface area (Å²) in [4.78, 5) is 22.9. The number of thioether (sulfide) groups is 1. The molecule has 0 N–H and O–H groups in total. The molecular formula is C28H28N4O4S. The maximum absolute atomic E-state index is 12.7. The molecule has 0 radical (unpaired) electrons. The number of carbonyl (C=O) groups is 1. The highest BCUT2D eigenvalue weighted by Crippen LogP contribution is 2.26. The van der Waals surface area contributed by atoms with Gasteiger partial charge in [-0.1, -0.05) is 30.0 Å². The molecule has 2 aromatic heterocycles. The Hall–Kier alpha value is -3.98. The molecule has 1 aliphatic rings. The lowest BCUT2D eigenvalue weighted by Crippen LogP contribution is -2.43. The SMILES string of the molecule is Cn1ccnc1SCc1ccc(OC(=O)N2CCC(Oc3ccc(Oc4ccccn4)cc3)CC2)cc1. The first-order valence-electron chi connectivity index (χ1n) is 12.1. The third kappa shape index (κ3) is 6.83. The van der Waals surface area contributed by atoms with Crippen LogP contribution in [0.4, 0.5) is 4.79 Å². The van der Waals surface area contributed by atoms with Crippen LogP contribution in [0, 0.1) is 0 Å². The number of piperidine rings is 1. The van der Waals surface area contributed by atoms with Crippen molar-refractivity contribution in [1.29, 1.82) is 0 Å². The van der Waals surface area contributed by atoms with Gasteiger partial charge in [-0.3, -0.25) is 0 Å². The van der Waals surface area contributed by atoms with Gasteiger partial charge in [0, 0.05) is 63.4 Å². The summed E-state index contributed by atoms with van der Waals surface area (Å²) in [5.41, 5.74) is 1.14. The van der Waals surface area contributed by atoms with E-state index in [0.29, 0.717) is 30.5 Å². The van der Waals surface area contributed by atoms with Crippen molar-refractivity contribution in [3.8, 4) is 23.1 Å². The van der Waals surface area contributed by atoms with E-state index >= 15 is 0 Å². The summed E-state index contributed by atoms with van der Waals surface area (Å²) < 4.78 is 19.4. The number of hydrogen-bond donors (Lipinski definition) is 0. The van der Waals surface area contributed by atoms with Gasteiger partial charge in [-0.25, -0.2) is 14.8 Å². The third-order valence-electron chi connectivity index (χ3n) is 5.96. The number of carbonyl (C=O) groups excluding carboxylic acids is 1. The van der Waals surface area contributed by atoms with Gasteiger partial charge >= 0.3 is 6.09 Å². The standard InChI is InChI=1S/C28H28N4O4S/c1-31-19-16-30-27(31)37-20-21-5-7-24(8-6-21)36-28(33)32-17-13-25(14-18-32)34-22-9-11-23(12-10-22)35-26-4-2-3-15-29-26/h2-12,15-16,19,25H,13-14,17-18,20H2,1H3. The molecule has 1 amide bonds. The third-order valence-corrected chi connectivity index (χ3v) is 7.09. The first-order valence-corrected chi connectivity index (χ1v) is 13.1. The minimum atomic E-state index is -0.329. The second-order valence-electron chi connectivity index (χ2n) is 8.67. The van der Waals surface area contributed by atoms with Crippen molar-refractivity contribution < 1.29 is 19.0 Å². The predicted molar refractivity (Wildman–Crippen MR) is 141 cm³/mol. The fraction of sp³-hybridized carbons (Fsp3) is 0.250. The van der Waals surface area contributed by atoms with Gasteiger partial charge < -0.3 is 23.7 Å². The molecule has 190 valence electrons. The maximum atomic E-state index is 12.7.